The number of thiazole rings is 1. The Balaban J connectivity index is 1.63. The predicted octanol–water partition coefficient (Wildman–Crippen LogP) is 3.29. The summed E-state index contributed by atoms with van der Waals surface area (Å²) >= 11 is 1.21. The lowest BCUT2D eigenvalue weighted by molar-refractivity contribution is -0.125. The van der Waals surface area contributed by atoms with Crippen molar-refractivity contribution < 1.29 is 18.7 Å². The number of anilines is 1. The maximum absolute atomic E-state index is 13.2. The van der Waals surface area contributed by atoms with Gasteiger partial charge in [-0.3, -0.25) is 9.69 Å². The average Bonchev–Trinajstić information content (AvgIpc) is 2.92. The van der Waals surface area contributed by atoms with Crippen molar-refractivity contribution in [3.8, 4) is 11.4 Å². The molecule has 2 amide bonds. The molecule has 0 radical (unpaired) electrons. The number of nitrogens with one attached hydrogen (secondary N) is 1. The molecule has 0 saturated carbocycles. The minimum atomic E-state index is -0.615. The van der Waals surface area contributed by atoms with Crippen LogP contribution in [0, 0.1) is 5.95 Å². The number of likely N-dealkylation sites (tertiary alicyclic amines) is 1. The second-order valence-electron chi connectivity index (χ2n) is 6.85. The second-order valence-corrected chi connectivity index (χ2v) is 7.71. The van der Waals surface area contributed by atoms with E-state index in [-0.39, 0.29) is 5.91 Å². The first-order chi connectivity index (χ1) is 12.2. The highest BCUT2D eigenvalue weighted by Crippen LogP contribution is 2.26. The summed E-state index contributed by atoms with van der Waals surface area (Å²) in [6.45, 7) is 5.80. The number of rotatable bonds is 3. The molecule has 2 aromatic rings. The average molecular weight is 378 g/mol. The summed E-state index contributed by atoms with van der Waals surface area (Å²) in [6, 6.07) is 3.85. The van der Waals surface area contributed by atoms with Crippen LogP contribution >= 0.6 is 11.3 Å². The summed E-state index contributed by atoms with van der Waals surface area (Å²) in [7, 11) is 0. The Hall–Kier alpha value is -2.55. The van der Waals surface area contributed by atoms with Crippen molar-refractivity contribution >= 4 is 28.5 Å². The molecule has 9 heteroatoms. The summed E-state index contributed by atoms with van der Waals surface area (Å²) in [5.41, 5.74) is 0.249. The molecule has 138 valence electrons. The number of hydrogen-bond donors (Lipinski definition) is 1. The summed E-state index contributed by atoms with van der Waals surface area (Å²) in [5, 5.41) is 4.75. The molecule has 1 aliphatic rings. The predicted molar refractivity (Wildman–Crippen MR) is 95.3 cm³/mol. The molecule has 26 heavy (non-hydrogen) atoms. The van der Waals surface area contributed by atoms with Gasteiger partial charge in [0.15, 0.2) is 5.13 Å². The fraction of sp³-hybridized carbons (Fsp3) is 0.412. The van der Waals surface area contributed by atoms with E-state index in [1.54, 1.807) is 38.3 Å². The third-order valence-corrected chi connectivity index (χ3v) is 4.42. The summed E-state index contributed by atoms with van der Waals surface area (Å²) in [6.07, 6.45) is 0.0575. The first kappa shape index (κ1) is 18.2. The number of halogens is 1. The van der Waals surface area contributed by atoms with Gasteiger partial charge in [-0.1, -0.05) is 6.07 Å². The minimum absolute atomic E-state index is 0.324. The molecular formula is C17H19FN4O3S. The van der Waals surface area contributed by atoms with E-state index in [1.165, 1.54) is 22.3 Å². The van der Waals surface area contributed by atoms with E-state index in [2.05, 4.69) is 15.3 Å². The largest absolute Gasteiger partial charge is 0.444 e. The second kappa shape index (κ2) is 6.99. The molecule has 0 aliphatic carbocycles. The molecule has 1 atom stereocenters. The van der Waals surface area contributed by atoms with Crippen LogP contribution in [0.25, 0.3) is 11.4 Å². The van der Waals surface area contributed by atoms with E-state index >= 15 is 0 Å². The zero-order valence-electron chi connectivity index (χ0n) is 14.7. The van der Waals surface area contributed by atoms with E-state index in [4.69, 9.17) is 4.74 Å². The van der Waals surface area contributed by atoms with Crippen LogP contribution in [0.2, 0.25) is 0 Å². The van der Waals surface area contributed by atoms with Crippen LogP contribution in [0.4, 0.5) is 14.3 Å². The van der Waals surface area contributed by atoms with Crippen molar-refractivity contribution in [2.75, 3.05) is 11.9 Å². The van der Waals surface area contributed by atoms with Gasteiger partial charge in [0.25, 0.3) is 0 Å². The highest BCUT2D eigenvalue weighted by atomic mass is 32.1. The highest BCUT2D eigenvalue weighted by molar-refractivity contribution is 7.14. The molecule has 1 fully saturated rings. The van der Waals surface area contributed by atoms with E-state index in [9.17, 15) is 14.0 Å². The Kier molecular flexibility index (Phi) is 4.90. The normalized spacial score (nSPS) is 16.8. The summed E-state index contributed by atoms with van der Waals surface area (Å²) in [4.78, 5) is 33.9. The molecular weight excluding hydrogens is 359 g/mol. The molecule has 1 N–H and O–H groups in total. The van der Waals surface area contributed by atoms with Crippen LogP contribution in [-0.4, -0.2) is 45.1 Å². The summed E-state index contributed by atoms with van der Waals surface area (Å²) < 4.78 is 18.5. The topological polar surface area (TPSA) is 84.4 Å². The van der Waals surface area contributed by atoms with Gasteiger partial charge in [0, 0.05) is 11.9 Å². The van der Waals surface area contributed by atoms with Gasteiger partial charge in [-0.15, -0.1) is 11.3 Å². The van der Waals surface area contributed by atoms with Crippen LogP contribution in [0.5, 0.6) is 0 Å². The van der Waals surface area contributed by atoms with Crippen LogP contribution in [-0.2, 0) is 9.53 Å². The fourth-order valence-electron chi connectivity index (χ4n) is 2.39. The number of nitrogens with zero attached hydrogens (tertiary/aromatic N) is 3. The van der Waals surface area contributed by atoms with Crippen LogP contribution in [0.15, 0.2) is 23.6 Å². The van der Waals surface area contributed by atoms with Crippen LogP contribution in [0.1, 0.15) is 27.2 Å². The number of hydrogen-bond acceptors (Lipinski definition) is 6. The Morgan fingerprint density at radius 2 is 2.08 bits per heavy atom. The van der Waals surface area contributed by atoms with Crippen molar-refractivity contribution in [1.29, 1.82) is 0 Å². The lowest BCUT2D eigenvalue weighted by Gasteiger charge is -2.39. The Bertz CT molecular complexity index is 833. The van der Waals surface area contributed by atoms with Gasteiger partial charge in [-0.05, 0) is 39.3 Å². The third kappa shape index (κ3) is 4.16. The quantitative estimate of drug-likeness (QED) is 0.829. The number of aromatic nitrogens is 2. The van der Waals surface area contributed by atoms with E-state index in [0.29, 0.717) is 29.5 Å². The van der Waals surface area contributed by atoms with Crippen molar-refractivity contribution in [3.05, 3.63) is 29.5 Å². The number of carbonyl (C=O) groups is 2. The van der Waals surface area contributed by atoms with Gasteiger partial charge >= 0.3 is 6.09 Å². The van der Waals surface area contributed by atoms with Gasteiger partial charge < -0.3 is 10.1 Å². The zero-order chi connectivity index (χ0) is 18.9. The molecule has 7 nitrogen and oxygen atoms in total. The lowest BCUT2D eigenvalue weighted by atomic mass is 10.0. The minimum Gasteiger partial charge on any atom is -0.444 e. The van der Waals surface area contributed by atoms with Gasteiger partial charge in [0.2, 0.25) is 11.9 Å². The molecule has 1 aliphatic heterocycles. The van der Waals surface area contributed by atoms with Crippen molar-refractivity contribution in [2.45, 2.75) is 38.8 Å². The van der Waals surface area contributed by atoms with Crippen molar-refractivity contribution in [1.82, 2.24) is 14.9 Å². The molecule has 2 aromatic heterocycles. The monoisotopic (exact) mass is 378 g/mol. The van der Waals surface area contributed by atoms with E-state index < -0.39 is 23.7 Å². The maximum Gasteiger partial charge on any atom is 0.410 e. The number of pyridine rings is 1. The molecule has 0 aromatic carbocycles. The number of amides is 2. The molecule has 3 heterocycles. The fourth-order valence-corrected chi connectivity index (χ4v) is 3.09. The standard InChI is InChI=1S/C17H19FN4O3S/c1-17(2,3)25-16(24)22-8-7-12(22)14(23)21-15-20-11(9-26-15)10-5-4-6-13(18)19-10/h4-6,9,12H,7-8H2,1-3H3,(H,20,21,23)/t12-/m0/s1. The molecule has 3 rings (SSSR count). The van der Waals surface area contributed by atoms with Gasteiger partial charge in [0.05, 0.1) is 5.69 Å². The van der Waals surface area contributed by atoms with Crippen LogP contribution < -0.4 is 5.32 Å². The van der Waals surface area contributed by atoms with Crippen LogP contribution in [0.3, 0.4) is 0 Å². The smallest absolute Gasteiger partial charge is 0.410 e. The van der Waals surface area contributed by atoms with Gasteiger partial charge in [-0.2, -0.15) is 4.39 Å². The first-order valence-electron chi connectivity index (χ1n) is 8.12. The van der Waals surface area contributed by atoms with E-state index in [0.717, 1.165) is 0 Å². The Labute approximate surface area is 154 Å². The maximum atomic E-state index is 13.2. The SMILES string of the molecule is CC(C)(C)OC(=O)N1CC[C@H]1C(=O)Nc1nc(-c2cccc(F)n2)cs1. The molecule has 1 saturated heterocycles. The molecule has 0 unspecified atom stereocenters. The molecule has 0 spiro atoms. The molecule has 0 bridgehead atoms. The first-order valence-corrected chi connectivity index (χ1v) is 9.00. The third-order valence-electron chi connectivity index (χ3n) is 3.66. The number of carbonyl (C=O) groups excluding carboxylic acids is 2. The van der Waals surface area contributed by atoms with Crippen molar-refractivity contribution in [3.63, 3.8) is 0 Å². The highest BCUT2D eigenvalue weighted by Gasteiger charge is 2.40. The zero-order valence-corrected chi connectivity index (χ0v) is 15.5. The van der Waals surface area contributed by atoms with Crippen molar-refractivity contribution in [2.24, 2.45) is 0 Å². The number of ether oxygens (including phenoxy) is 1. The van der Waals surface area contributed by atoms with Gasteiger partial charge in [0.1, 0.15) is 17.3 Å². The Morgan fingerprint density at radius 1 is 1.31 bits per heavy atom. The Morgan fingerprint density at radius 3 is 2.69 bits per heavy atom. The van der Waals surface area contributed by atoms with E-state index in [1.807, 2.05) is 0 Å². The summed E-state index contributed by atoms with van der Waals surface area (Å²) in [5.74, 6) is -0.918. The lowest BCUT2D eigenvalue weighted by Crippen LogP contribution is -2.57. The van der Waals surface area contributed by atoms with Gasteiger partial charge in [-0.25, -0.2) is 14.8 Å².